The molecule has 170 valence electrons. The number of aliphatic hydroxyl groups is 1. The number of benzene rings is 2. The third-order valence-corrected chi connectivity index (χ3v) is 6.45. The number of nitrogens with zero attached hydrogens (tertiary/aromatic N) is 3. The third-order valence-electron chi connectivity index (χ3n) is 5.41. The van der Waals surface area contributed by atoms with Crippen molar-refractivity contribution in [2.45, 2.75) is 26.0 Å². The standard InChI is InChI=1S/C26H21N3O4S/c1-15(2)33-18-9-5-7-16(13-18)23(30)21-22(17-8-6-12-27-14-17)29(25(32)24(21)31)26-28-19-10-3-4-11-20(19)34-26/h3-15,22,30H,1-2H3/b23-21+. The Morgan fingerprint density at radius 1 is 1.09 bits per heavy atom. The number of carbonyl (C=O) groups excluding carboxylic acids is 2. The number of carbonyl (C=O) groups is 2. The Bertz CT molecular complexity index is 1400. The zero-order chi connectivity index (χ0) is 23.8. The molecular weight excluding hydrogens is 450 g/mol. The van der Waals surface area contributed by atoms with Gasteiger partial charge in [-0.2, -0.15) is 0 Å². The van der Waals surface area contributed by atoms with Gasteiger partial charge in [0.05, 0.1) is 27.9 Å². The molecule has 0 aliphatic carbocycles. The van der Waals surface area contributed by atoms with E-state index >= 15 is 0 Å². The molecule has 34 heavy (non-hydrogen) atoms. The van der Waals surface area contributed by atoms with Gasteiger partial charge in [-0.25, -0.2) is 4.98 Å². The Morgan fingerprint density at radius 3 is 2.65 bits per heavy atom. The van der Waals surface area contributed by atoms with Gasteiger partial charge in [-0.1, -0.05) is 41.7 Å². The molecule has 1 unspecified atom stereocenters. The first-order valence-electron chi connectivity index (χ1n) is 10.8. The molecule has 4 aromatic rings. The van der Waals surface area contributed by atoms with Crippen LogP contribution >= 0.6 is 11.3 Å². The lowest BCUT2D eigenvalue weighted by molar-refractivity contribution is -0.132. The number of hydrogen-bond acceptors (Lipinski definition) is 7. The minimum Gasteiger partial charge on any atom is -0.507 e. The van der Waals surface area contributed by atoms with E-state index in [1.54, 1.807) is 48.8 Å². The summed E-state index contributed by atoms with van der Waals surface area (Å²) in [5.41, 5.74) is 1.69. The zero-order valence-corrected chi connectivity index (χ0v) is 19.3. The molecule has 8 heteroatoms. The topological polar surface area (TPSA) is 92.6 Å². The van der Waals surface area contributed by atoms with Crippen LogP contribution in [0.1, 0.15) is 31.0 Å². The van der Waals surface area contributed by atoms with Crippen LogP contribution in [0.15, 0.2) is 78.6 Å². The summed E-state index contributed by atoms with van der Waals surface area (Å²) in [6.07, 6.45) is 3.14. The van der Waals surface area contributed by atoms with Crippen molar-refractivity contribution < 1.29 is 19.4 Å². The number of aliphatic hydroxyl groups excluding tert-OH is 1. The molecule has 1 aliphatic heterocycles. The first kappa shape index (κ1) is 21.8. The highest BCUT2D eigenvalue weighted by molar-refractivity contribution is 7.22. The predicted molar refractivity (Wildman–Crippen MR) is 131 cm³/mol. The van der Waals surface area contributed by atoms with Crippen molar-refractivity contribution in [2.24, 2.45) is 0 Å². The maximum Gasteiger partial charge on any atom is 0.301 e. The van der Waals surface area contributed by atoms with Crippen molar-refractivity contribution in [3.63, 3.8) is 0 Å². The molecule has 3 heterocycles. The molecule has 0 bridgehead atoms. The summed E-state index contributed by atoms with van der Waals surface area (Å²) in [5.74, 6) is -1.24. The van der Waals surface area contributed by atoms with E-state index in [1.165, 1.54) is 16.2 Å². The summed E-state index contributed by atoms with van der Waals surface area (Å²) in [7, 11) is 0. The molecule has 0 saturated carbocycles. The molecule has 1 atom stereocenters. The van der Waals surface area contributed by atoms with Crippen LogP contribution in [0.2, 0.25) is 0 Å². The van der Waals surface area contributed by atoms with Gasteiger partial charge in [-0.3, -0.25) is 19.5 Å². The monoisotopic (exact) mass is 471 g/mol. The highest BCUT2D eigenvalue weighted by Crippen LogP contribution is 2.44. The number of hydrogen-bond donors (Lipinski definition) is 1. The van der Waals surface area contributed by atoms with Crippen LogP contribution < -0.4 is 9.64 Å². The summed E-state index contributed by atoms with van der Waals surface area (Å²) in [6, 6.07) is 17.0. The number of aromatic nitrogens is 2. The quantitative estimate of drug-likeness (QED) is 0.247. The van der Waals surface area contributed by atoms with Crippen molar-refractivity contribution in [3.05, 3.63) is 89.8 Å². The first-order chi connectivity index (χ1) is 16.4. The van der Waals surface area contributed by atoms with Crippen LogP contribution in [0.3, 0.4) is 0 Å². The van der Waals surface area contributed by atoms with Crippen LogP contribution in [-0.4, -0.2) is 32.9 Å². The Morgan fingerprint density at radius 2 is 1.91 bits per heavy atom. The van der Waals surface area contributed by atoms with Crippen molar-refractivity contribution in [2.75, 3.05) is 4.90 Å². The fourth-order valence-corrected chi connectivity index (χ4v) is 4.98. The maximum atomic E-state index is 13.3. The second kappa shape index (κ2) is 8.72. The number of ketones is 1. The van der Waals surface area contributed by atoms with Crippen LogP contribution in [0.4, 0.5) is 5.13 Å². The van der Waals surface area contributed by atoms with Crippen LogP contribution in [0.25, 0.3) is 16.0 Å². The molecule has 1 aliphatic rings. The number of Topliss-reactive ketones (excluding diaryl/α,β-unsaturated/α-hetero) is 1. The smallest absolute Gasteiger partial charge is 0.301 e. The van der Waals surface area contributed by atoms with Crippen molar-refractivity contribution in [1.29, 1.82) is 0 Å². The van der Waals surface area contributed by atoms with Gasteiger partial charge in [0, 0.05) is 18.0 Å². The first-order valence-corrected chi connectivity index (χ1v) is 11.6. The highest BCUT2D eigenvalue weighted by Gasteiger charge is 2.48. The fraction of sp³-hybridized carbons (Fsp3) is 0.154. The summed E-state index contributed by atoms with van der Waals surface area (Å²) >= 11 is 1.31. The number of thiazole rings is 1. The molecular formula is C26H21N3O4S. The van der Waals surface area contributed by atoms with Gasteiger partial charge in [0.25, 0.3) is 5.78 Å². The van der Waals surface area contributed by atoms with Crippen LogP contribution in [0, 0.1) is 0 Å². The van der Waals surface area contributed by atoms with Crippen molar-refractivity contribution >= 4 is 44.1 Å². The Labute approximate surface area is 200 Å². The van der Waals surface area contributed by atoms with Gasteiger partial charge in [0.2, 0.25) is 0 Å². The minimum absolute atomic E-state index is 0.0149. The molecule has 1 fully saturated rings. The SMILES string of the molecule is CC(C)Oc1cccc(/C(O)=C2\C(=O)C(=O)N(c3nc4ccccc4s3)C2c2cccnc2)c1. The Balaban J connectivity index is 1.68. The Hall–Kier alpha value is -4.04. The molecule has 2 aromatic carbocycles. The van der Waals surface area contributed by atoms with Crippen LogP contribution in [0.5, 0.6) is 5.75 Å². The highest BCUT2D eigenvalue weighted by atomic mass is 32.1. The number of ether oxygens (including phenoxy) is 1. The number of anilines is 1. The lowest BCUT2D eigenvalue weighted by Crippen LogP contribution is -2.29. The summed E-state index contributed by atoms with van der Waals surface area (Å²) in [4.78, 5) is 36.7. The van der Waals surface area contributed by atoms with E-state index in [-0.39, 0.29) is 17.4 Å². The van der Waals surface area contributed by atoms with E-state index in [0.29, 0.717) is 22.0 Å². The maximum absolute atomic E-state index is 13.3. The zero-order valence-electron chi connectivity index (χ0n) is 18.5. The lowest BCUT2D eigenvalue weighted by Gasteiger charge is -2.22. The molecule has 5 rings (SSSR count). The van der Waals surface area contributed by atoms with E-state index in [0.717, 1.165) is 10.2 Å². The number of pyridine rings is 1. The van der Waals surface area contributed by atoms with Gasteiger partial charge in [0.15, 0.2) is 5.13 Å². The molecule has 1 amide bonds. The van der Waals surface area contributed by atoms with Crippen molar-refractivity contribution in [3.8, 4) is 5.75 Å². The molecule has 1 saturated heterocycles. The average Bonchev–Trinajstić information content (AvgIpc) is 3.37. The number of rotatable bonds is 5. The van der Waals surface area contributed by atoms with E-state index < -0.39 is 17.7 Å². The third kappa shape index (κ3) is 3.82. The van der Waals surface area contributed by atoms with Gasteiger partial charge in [-0.15, -0.1) is 0 Å². The normalized spacial score (nSPS) is 17.6. The van der Waals surface area contributed by atoms with Gasteiger partial charge >= 0.3 is 5.91 Å². The molecule has 1 N–H and O–H groups in total. The number of para-hydroxylation sites is 1. The fourth-order valence-electron chi connectivity index (χ4n) is 3.99. The molecule has 0 radical (unpaired) electrons. The van der Waals surface area contributed by atoms with Gasteiger partial charge in [-0.05, 0) is 49.7 Å². The summed E-state index contributed by atoms with van der Waals surface area (Å²) < 4.78 is 6.63. The number of fused-ring (bicyclic) bond motifs is 1. The number of amides is 1. The lowest BCUT2D eigenvalue weighted by atomic mass is 9.96. The Kier molecular flexibility index (Phi) is 5.59. The molecule has 0 spiro atoms. The van der Waals surface area contributed by atoms with Crippen molar-refractivity contribution in [1.82, 2.24) is 9.97 Å². The largest absolute Gasteiger partial charge is 0.507 e. The average molecular weight is 472 g/mol. The van der Waals surface area contributed by atoms with E-state index in [4.69, 9.17) is 4.74 Å². The van der Waals surface area contributed by atoms with E-state index in [2.05, 4.69) is 9.97 Å². The van der Waals surface area contributed by atoms with E-state index in [9.17, 15) is 14.7 Å². The predicted octanol–water partition coefficient (Wildman–Crippen LogP) is 5.10. The van der Waals surface area contributed by atoms with Gasteiger partial charge in [0.1, 0.15) is 11.5 Å². The second-order valence-electron chi connectivity index (χ2n) is 8.11. The molecule has 7 nitrogen and oxygen atoms in total. The minimum atomic E-state index is -0.871. The second-order valence-corrected chi connectivity index (χ2v) is 9.12. The van der Waals surface area contributed by atoms with E-state index in [1.807, 2.05) is 38.1 Å². The summed E-state index contributed by atoms with van der Waals surface area (Å²) in [6.45, 7) is 3.80. The van der Waals surface area contributed by atoms with Gasteiger partial charge < -0.3 is 9.84 Å². The van der Waals surface area contributed by atoms with Crippen LogP contribution in [-0.2, 0) is 9.59 Å². The molecule has 2 aromatic heterocycles. The summed E-state index contributed by atoms with van der Waals surface area (Å²) in [5, 5.41) is 11.7.